The molecular formula is C16H23F3N4OS. The molecule has 9 heteroatoms. The highest BCUT2D eigenvalue weighted by molar-refractivity contribution is 7.99. The molecule has 0 bridgehead atoms. The maximum atomic E-state index is 12.5. The van der Waals surface area contributed by atoms with Crippen molar-refractivity contribution in [3.05, 3.63) is 23.9 Å². The third-order valence-corrected chi connectivity index (χ3v) is 5.09. The van der Waals surface area contributed by atoms with Gasteiger partial charge in [0.15, 0.2) is 5.96 Å². The monoisotopic (exact) mass is 376 g/mol. The SMILES string of the molecule is CN=C(NCCOc1ccc(C(F)(F)F)cn1)NC1CCC(SC)C1. The molecule has 0 aromatic carbocycles. The minimum atomic E-state index is -4.39. The summed E-state index contributed by atoms with van der Waals surface area (Å²) in [5.41, 5.74) is -0.789. The average Bonchev–Trinajstić information content (AvgIpc) is 3.05. The van der Waals surface area contributed by atoms with Gasteiger partial charge < -0.3 is 15.4 Å². The summed E-state index contributed by atoms with van der Waals surface area (Å²) in [7, 11) is 1.70. The molecule has 0 aliphatic heterocycles. The fourth-order valence-corrected chi connectivity index (χ4v) is 3.43. The first-order valence-corrected chi connectivity index (χ1v) is 9.37. The van der Waals surface area contributed by atoms with Gasteiger partial charge in [0, 0.05) is 30.6 Å². The molecule has 0 radical (unpaired) electrons. The molecule has 2 N–H and O–H groups in total. The van der Waals surface area contributed by atoms with Crippen molar-refractivity contribution in [2.75, 3.05) is 26.5 Å². The summed E-state index contributed by atoms with van der Waals surface area (Å²) in [6, 6.07) is 2.59. The number of nitrogens with zero attached hydrogens (tertiary/aromatic N) is 2. The van der Waals surface area contributed by atoms with E-state index in [1.165, 1.54) is 12.5 Å². The minimum absolute atomic E-state index is 0.163. The van der Waals surface area contributed by atoms with Crippen molar-refractivity contribution < 1.29 is 17.9 Å². The van der Waals surface area contributed by atoms with E-state index < -0.39 is 11.7 Å². The number of rotatable bonds is 6. The van der Waals surface area contributed by atoms with Gasteiger partial charge in [0.2, 0.25) is 5.88 Å². The summed E-state index contributed by atoms with van der Waals surface area (Å²) in [5.74, 6) is 0.868. The van der Waals surface area contributed by atoms with Crippen LogP contribution < -0.4 is 15.4 Å². The van der Waals surface area contributed by atoms with Crippen molar-refractivity contribution >= 4 is 17.7 Å². The highest BCUT2D eigenvalue weighted by atomic mass is 32.2. The zero-order chi connectivity index (χ0) is 18.3. The molecule has 1 aromatic rings. The summed E-state index contributed by atoms with van der Waals surface area (Å²) < 4.78 is 42.7. The fourth-order valence-electron chi connectivity index (χ4n) is 2.63. The van der Waals surface area contributed by atoms with Gasteiger partial charge in [-0.2, -0.15) is 24.9 Å². The maximum Gasteiger partial charge on any atom is 0.417 e. The van der Waals surface area contributed by atoms with Gasteiger partial charge in [-0.25, -0.2) is 4.98 Å². The lowest BCUT2D eigenvalue weighted by atomic mass is 10.2. The van der Waals surface area contributed by atoms with E-state index in [-0.39, 0.29) is 12.5 Å². The molecule has 1 saturated carbocycles. The van der Waals surface area contributed by atoms with Crippen LogP contribution in [0.4, 0.5) is 13.2 Å². The molecule has 140 valence electrons. The molecule has 1 aromatic heterocycles. The van der Waals surface area contributed by atoms with Gasteiger partial charge in [-0.3, -0.25) is 4.99 Å². The second-order valence-electron chi connectivity index (χ2n) is 5.74. The van der Waals surface area contributed by atoms with Gasteiger partial charge in [-0.05, 0) is 31.6 Å². The number of pyridine rings is 1. The lowest BCUT2D eigenvalue weighted by molar-refractivity contribution is -0.137. The van der Waals surface area contributed by atoms with Gasteiger partial charge in [0.05, 0.1) is 12.1 Å². The molecule has 2 atom stereocenters. The smallest absolute Gasteiger partial charge is 0.417 e. The van der Waals surface area contributed by atoms with Crippen LogP contribution in [0.5, 0.6) is 5.88 Å². The molecule has 2 unspecified atom stereocenters. The summed E-state index contributed by atoms with van der Waals surface area (Å²) in [4.78, 5) is 7.84. The molecule has 0 spiro atoms. The third kappa shape index (κ3) is 6.30. The number of thioether (sulfide) groups is 1. The minimum Gasteiger partial charge on any atom is -0.476 e. The van der Waals surface area contributed by atoms with Gasteiger partial charge in [0.25, 0.3) is 0 Å². The van der Waals surface area contributed by atoms with Gasteiger partial charge >= 0.3 is 6.18 Å². The Balaban J connectivity index is 1.69. The van der Waals surface area contributed by atoms with Crippen molar-refractivity contribution in [2.45, 2.75) is 36.7 Å². The number of aliphatic imine (C=N–C) groups is 1. The molecule has 25 heavy (non-hydrogen) atoms. The van der Waals surface area contributed by atoms with Crippen molar-refractivity contribution in [3.8, 4) is 5.88 Å². The number of ether oxygens (including phenoxy) is 1. The number of halogens is 3. The second kappa shape index (κ2) is 9.17. The summed E-state index contributed by atoms with van der Waals surface area (Å²) in [6.45, 7) is 0.748. The summed E-state index contributed by atoms with van der Waals surface area (Å²) >= 11 is 1.89. The molecule has 0 saturated heterocycles. The van der Waals surface area contributed by atoms with Crippen LogP contribution >= 0.6 is 11.8 Å². The molecule has 1 fully saturated rings. The number of alkyl halides is 3. The number of hydrogen-bond donors (Lipinski definition) is 2. The van der Waals surface area contributed by atoms with Crippen molar-refractivity contribution in [3.63, 3.8) is 0 Å². The van der Waals surface area contributed by atoms with E-state index in [9.17, 15) is 13.2 Å². The van der Waals surface area contributed by atoms with Crippen LogP contribution in [0.3, 0.4) is 0 Å². The largest absolute Gasteiger partial charge is 0.476 e. The molecule has 1 heterocycles. The lowest BCUT2D eigenvalue weighted by Crippen LogP contribution is -2.43. The number of guanidine groups is 1. The summed E-state index contributed by atoms with van der Waals surface area (Å²) in [5, 5.41) is 7.22. The number of aromatic nitrogens is 1. The van der Waals surface area contributed by atoms with E-state index in [0.29, 0.717) is 23.8 Å². The van der Waals surface area contributed by atoms with E-state index >= 15 is 0 Å². The van der Waals surface area contributed by atoms with E-state index in [1.54, 1.807) is 7.05 Å². The zero-order valence-electron chi connectivity index (χ0n) is 14.3. The van der Waals surface area contributed by atoms with Crippen LogP contribution in [0.15, 0.2) is 23.3 Å². The van der Waals surface area contributed by atoms with E-state index in [0.717, 1.165) is 25.1 Å². The first-order valence-electron chi connectivity index (χ1n) is 8.08. The predicted molar refractivity (Wildman–Crippen MR) is 94.2 cm³/mol. The van der Waals surface area contributed by atoms with Crippen molar-refractivity contribution in [2.24, 2.45) is 4.99 Å². The molecular weight excluding hydrogens is 353 g/mol. The molecule has 1 aliphatic carbocycles. The number of hydrogen-bond acceptors (Lipinski definition) is 4. The normalized spacial score (nSPS) is 21.2. The van der Waals surface area contributed by atoms with E-state index in [4.69, 9.17) is 4.74 Å². The Bertz CT molecular complexity index is 565. The lowest BCUT2D eigenvalue weighted by Gasteiger charge is -2.17. The van der Waals surface area contributed by atoms with Gasteiger partial charge in [-0.1, -0.05) is 0 Å². The van der Waals surface area contributed by atoms with Crippen LogP contribution in [-0.4, -0.2) is 48.7 Å². The Hall–Kier alpha value is -1.64. The Labute approximate surface area is 149 Å². The third-order valence-electron chi connectivity index (χ3n) is 3.99. The Morgan fingerprint density at radius 2 is 2.20 bits per heavy atom. The van der Waals surface area contributed by atoms with Crippen LogP contribution in [0, 0.1) is 0 Å². The van der Waals surface area contributed by atoms with Crippen LogP contribution in [0.25, 0.3) is 0 Å². The quantitative estimate of drug-likeness (QED) is 0.454. The van der Waals surface area contributed by atoms with Crippen LogP contribution in [0.1, 0.15) is 24.8 Å². The topological polar surface area (TPSA) is 58.5 Å². The van der Waals surface area contributed by atoms with Crippen LogP contribution in [-0.2, 0) is 6.18 Å². The first-order chi connectivity index (χ1) is 11.9. The Morgan fingerprint density at radius 3 is 2.76 bits per heavy atom. The zero-order valence-corrected chi connectivity index (χ0v) is 15.1. The molecule has 2 rings (SSSR count). The number of nitrogens with one attached hydrogen (secondary N) is 2. The first kappa shape index (κ1) is 19.7. The molecule has 1 aliphatic rings. The summed E-state index contributed by atoms with van der Waals surface area (Å²) in [6.07, 6.45) is 1.96. The van der Waals surface area contributed by atoms with E-state index in [1.807, 2.05) is 11.8 Å². The average molecular weight is 376 g/mol. The standard InChI is InChI=1S/C16H23F3N4OS/c1-20-15(23-12-4-5-13(9-12)25-2)21-7-8-24-14-6-3-11(10-22-14)16(17,18)19/h3,6,10,12-13H,4-5,7-9H2,1-2H3,(H2,20,21,23). The Kier molecular flexibility index (Phi) is 7.22. The van der Waals surface area contributed by atoms with E-state index in [2.05, 4.69) is 26.9 Å². The van der Waals surface area contributed by atoms with Gasteiger partial charge in [-0.15, -0.1) is 0 Å². The van der Waals surface area contributed by atoms with Crippen LogP contribution in [0.2, 0.25) is 0 Å². The molecule has 5 nitrogen and oxygen atoms in total. The van der Waals surface area contributed by atoms with Crippen molar-refractivity contribution in [1.82, 2.24) is 15.6 Å². The Morgan fingerprint density at radius 1 is 1.40 bits per heavy atom. The van der Waals surface area contributed by atoms with Crippen molar-refractivity contribution in [1.29, 1.82) is 0 Å². The fraction of sp³-hybridized carbons (Fsp3) is 0.625. The molecule has 0 amide bonds. The highest BCUT2D eigenvalue weighted by Crippen LogP contribution is 2.29. The van der Waals surface area contributed by atoms with Gasteiger partial charge in [0.1, 0.15) is 6.61 Å². The maximum absolute atomic E-state index is 12.5. The second-order valence-corrected chi connectivity index (χ2v) is 6.88. The predicted octanol–water partition coefficient (Wildman–Crippen LogP) is 2.93. The highest BCUT2D eigenvalue weighted by Gasteiger charge is 2.30.